The summed E-state index contributed by atoms with van der Waals surface area (Å²) in [6.07, 6.45) is -2.96. The van der Waals surface area contributed by atoms with Gasteiger partial charge in [-0.15, -0.1) is 0 Å². The molecule has 1 atom stereocenters. The van der Waals surface area contributed by atoms with E-state index in [-0.39, 0.29) is 19.7 Å². The van der Waals surface area contributed by atoms with Crippen molar-refractivity contribution in [2.45, 2.75) is 12.2 Å². The fourth-order valence-corrected chi connectivity index (χ4v) is 1.63. The fraction of sp³-hybridized carbons (Fsp3) is 0.600. The number of alkyl halides is 3. The van der Waals surface area contributed by atoms with Crippen LogP contribution >= 0.6 is 0 Å². The molecule has 4 nitrogen and oxygen atoms in total. The normalized spacial score (nSPS) is 14.2. The SMILES string of the molecule is NCC(c1ccco1)N(CCO)CC(F)(F)F. The first-order chi connectivity index (χ1) is 7.98. The molecule has 0 saturated heterocycles. The summed E-state index contributed by atoms with van der Waals surface area (Å²) in [5.74, 6) is 0.366. The molecule has 1 rings (SSSR count). The summed E-state index contributed by atoms with van der Waals surface area (Å²) < 4.78 is 42.2. The quantitative estimate of drug-likeness (QED) is 0.796. The largest absolute Gasteiger partial charge is 0.468 e. The van der Waals surface area contributed by atoms with Gasteiger partial charge in [0.1, 0.15) is 5.76 Å². The highest BCUT2D eigenvalue weighted by atomic mass is 19.4. The molecule has 3 N–H and O–H groups in total. The molecule has 17 heavy (non-hydrogen) atoms. The lowest BCUT2D eigenvalue weighted by molar-refractivity contribution is -0.152. The standard InChI is InChI=1S/C10H15F3N2O2/c11-10(12,13)7-15(3-4-16)8(6-14)9-2-1-5-17-9/h1-2,5,8,16H,3-4,6-7,14H2. The summed E-state index contributed by atoms with van der Waals surface area (Å²) in [4.78, 5) is 1.05. The molecule has 0 spiro atoms. The number of hydrogen-bond donors (Lipinski definition) is 2. The zero-order chi connectivity index (χ0) is 12.9. The first-order valence-electron chi connectivity index (χ1n) is 5.13. The Morgan fingerprint density at radius 2 is 2.18 bits per heavy atom. The molecule has 0 aliphatic heterocycles. The van der Waals surface area contributed by atoms with Crippen LogP contribution in [0.2, 0.25) is 0 Å². The number of nitrogens with zero attached hydrogens (tertiary/aromatic N) is 1. The van der Waals surface area contributed by atoms with Gasteiger partial charge in [0.2, 0.25) is 0 Å². The van der Waals surface area contributed by atoms with Crippen LogP contribution in [0.15, 0.2) is 22.8 Å². The highest BCUT2D eigenvalue weighted by Gasteiger charge is 2.34. The second-order valence-electron chi connectivity index (χ2n) is 3.58. The smallest absolute Gasteiger partial charge is 0.401 e. The minimum absolute atomic E-state index is 0.0103. The minimum Gasteiger partial charge on any atom is -0.468 e. The van der Waals surface area contributed by atoms with Crippen LogP contribution in [0.4, 0.5) is 13.2 Å². The molecule has 0 aliphatic carbocycles. The third-order valence-electron chi connectivity index (χ3n) is 2.31. The molecule has 98 valence electrons. The monoisotopic (exact) mass is 252 g/mol. The lowest BCUT2D eigenvalue weighted by Crippen LogP contribution is -2.41. The second kappa shape index (κ2) is 6.04. The van der Waals surface area contributed by atoms with Gasteiger partial charge in [-0.2, -0.15) is 13.2 Å². The number of aliphatic hydroxyl groups is 1. The third-order valence-corrected chi connectivity index (χ3v) is 2.31. The summed E-state index contributed by atoms with van der Waals surface area (Å²) in [7, 11) is 0. The van der Waals surface area contributed by atoms with Crippen molar-refractivity contribution in [3.63, 3.8) is 0 Å². The van der Waals surface area contributed by atoms with E-state index in [1.807, 2.05) is 0 Å². The Kier molecular flexibility index (Phi) is 4.98. The van der Waals surface area contributed by atoms with Crippen molar-refractivity contribution in [3.05, 3.63) is 24.2 Å². The lowest BCUT2D eigenvalue weighted by Gasteiger charge is -2.29. The summed E-state index contributed by atoms with van der Waals surface area (Å²) in [5.41, 5.74) is 5.46. The van der Waals surface area contributed by atoms with Crippen molar-refractivity contribution < 1.29 is 22.7 Å². The van der Waals surface area contributed by atoms with Crippen molar-refractivity contribution in [3.8, 4) is 0 Å². The molecular formula is C10H15F3N2O2. The van der Waals surface area contributed by atoms with Gasteiger partial charge in [-0.05, 0) is 12.1 Å². The van der Waals surface area contributed by atoms with E-state index >= 15 is 0 Å². The van der Waals surface area contributed by atoms with Crippen molar-refractivity contribution in [1.82, 2.24) is 4.90 Å². The van der Waals surface area contributed by atoms with E-state index in [9.17, 15) is 13.2 Å². The van der Waals surface area contributed by atoms with Crippen molar-refractivity contribution in [1.29, 1.82) is 0 Å². The Hall–Kier alpha value is -1.05. The minimum atomic E-state index is -4.34. The van der Waals surface area contributed by atoms with E-state index in [4.69, 9.17) is 15.3 Å². The Bertz CT molecular complexity index is 314. The van der Waals surface area contributed by atoms with Gasteiger partial charge in [-0.25, -0.2) is 0 Å². The predicted octanol–water partition coefficient (Wildman–Crippen LogP) is 1.14. The van der Waals surface area contributed by atoms with Crippen molar-refractivity contribution >= 4 is 0 Å². The molecule has 0 bridgehead atoms. The molecule has 1 aromatic rings. The Balaban J connectivity index is 2.80. The molecule has 0 aliphatic rings. The van der Waals surface area contributed by atoms with Gasteiger partial charge < -0.3 is 15.3 Å². The van der Waals surface area contributed by atoms with Gasteiger partial charge in [0.15, 0.2) is 0 Å². The molecule has 0 fully saturated rings. The molecule has 0 saturated carbocycles. The molecule has 0 amide bonds. The molecular weight excluding hydrogens is 237 g/mol. The summed E-state index contributed by atoms with van der Waals surface area (Å²) in [6.45, 7) is -1.62. The lowest BCUT2D eigenvalue weighted by atomic mass is 10.2. The van der Waals surface area contributed by atoms with Gasteiger partial charge in [-0.1, -0.05) is 0 Å². The van der Waals surface area contributed by atoms with E-state index in [0.29, 0.717) is 5.76 Å². The Morgan fingerprint density at radius 3 is 2.59 bits per heavy atom. The number of furan rings is 1. The Labute approximate surface area is 96.8 Å². The van der Waals surface area contributed by atoms with Crippen LogP contribution in [0.3, 0.4) is 0 Å². The van der Waals surface area contributed by atoms with Crippen LogP contribution in [-0.4, -0.2) is 42.4 Å². The van der Waals surface area contributed by atoms with Crippen LogP contribution in [0, 0.1) is 0 Å². The molecule has 0 aromatic carbocycles. The van der Waals surface area contributed by atoms with Gasteiger partial charge in [0.25, 0.3) is 0 Å². The van der Waals surface area contributed by atoms with Crippen molar-refractivity contribution in [2.75, 3.05) is 26.2 Å². The maximum Gasteiger partial charge on any atom is 0.401 e. The van der Waals surface area contributed by atoms with E-state index in [0.717, 1.165) is 4.90 Å². The first-order valence-corrected chi connectivity index (χ1v) is 5.13. The van der Waals surface area contributed by atoms with Gasteiger partial charge in [-0.3, -0.25) is 4.90 Å². The van der Waals surface area contributed by atoms with E-state index < -0.39 is 18.8 Å². The number of aliphatic hydroxyl groups excluding tert-OH is 1. The predicted molar refractivity (Wildman–Crippen MR) is 55.2 cm³/mol. The summed E-state index contributed by atoms with van der Waals surface area (Å²) in [5, 5.41) is 8.80. The number of hydrogen-bond acceptors (Lipinski definition) is 4. The second-order valence-corrected chi connectivity index (χ2v) is 3.58. The molecule has 1 heterocycles. The van der Waals surface area contributed by atoms with Gasteiger partial charge in [0, 0.05) is 13.1 Å². The third kappa shape index (κ3) is 4.37. The van der Waals surface area contributed by atoms with E-state index in [1.54, 1.807) is 12.1 Å². The van der Waals surface area contributed by atoms with Crippen LogP contribution in [-0.2, 0) is 0 Å². The average molecular weight is 252 g/mol. The topological polar surface area (TPSA) is 62.6 Å². The maximum atomic E-state index is 12.4. The average Bonchev–Trinajstić information content (AvgIpc) is 2.70. The summed E-state index contributed by atoms with van der Waals surface area (Å²) in [6, 6.07) is 2.47. The zero-order valence-electron chi connectivity index (χ0n) is 9.15. The molecule has 7 heteroatoms. The first kappa shape index (κ1) is 14.0. The van der Waals surface area contributed by atoms with E-state index in [1.165, 1.54) is 6.26 Å². The molecule has 0 radical (unpaired) electrons. The van der Waals surface area contributed by atoms with Crippen LogP contribution < -0.4 is 5.73 Å². The van der Waals surface area contributed by atoms with Crippen LogP contribution in [0.5, 0.6) is 0 Å². The highest BCUT2D eigenvalue weighted by Crippen LogP contribution is 2.25. The Morgan fingerprint density at radius 1 is 1.47 bits per heavy atom. The number of halogens is 3. The van der Waals surface area contributed by atoms with Crippen LogP contribution in [0.25, 0.3) is 0 Å². The summed E-state index contributed by atoms with van der Waals surface area (Å²) >= 11 is 0. The highest BCUT2D eigenvalue weighted by molar-refractivity contribution is 5.05. The maximum absolute atomic E-state index is 12.4. The number of rotatable bonds is 6. The zero-order valence-corrected chi connectivity index (χ0v) is 9.15. The van der Waals surface area contributed by atoms with Gasteiger partial charge in [0.05, 0.1) is 25.5 Å². The van der Waals surface area contributed by atoms with Gasteiger partial charge >= 0.3 is 6.18 Å². The van der Waals surface area contributed by atoms with E-state index in [2.05, 4.69) is 0 Å². The molecule has 1 aromatic heterocycles. The van der Waals surface area contributed by atoms with Crippen LogP contribution in [0.1, 0.15) is 11.8 Å². The van der Waals surface area contributed by atoms with Crippen molar-refractivity contribution in [2.24, 2.45) is 5.73 Å². The molecule has 1 unspecified atom stereocenters. The fourth-order valence-electron chi connectivity index (χ4n) is 1.63. The number of nitrogens with two attached hydrogens (primary N) is 1.